The summed E-state index contributed by atoms with van der Waals surface area (Å²) in [6.07, 6.45) is 3.34. The van der Waals surface area contributed by atoms with Crippen LogP contribution in [0.5, 0.6) is 0 Å². The number of hydrogen-bond acceptors (Lipinski definition) is 3. The van der Waals surface area contributed by atoms with Gasteiger partial charge in [-0.15, -0.1) is 11.3 Å². The molecule has 6 heteroatoms. The van der Waals surface area contributed by atoms with Crippen LogP contribution in [0.2, 0.25) is 0 Å². The van der Waals surface area contributed by atoms with Crippen molar-refractivity contribution in [3.8, 4) is 0 Å². The van der Waals surface area contributed by atoms with Gasteiger partial charge in [0.2, 0.25) is 0 Å². The molecule has 0 atom stereocenters. The number of carbonyl (C=O) groups excluding carboxylic acids is 1. The maximum Gasteiger partial charge on any atom is 0.255 e. The number of halogens is 2. The Hall–Kier alpha value is 0.0900. The van der Waals surface area contributed by atoms with Crippen LogP contribution >= 0.6 is 43.2 Å². The predicted octanol–water partition coefficient (Wildman–Crippen LogP) is 4.12. The Labute approximate surface area is 141 Å². The van der Waals surface area contributed by atoms with E-state index < -0.39 is 0 Å². The molecule has 1 fully saturated rings. The quantitative estimate of drug-likeness (QED) is 0.772. The first kappa shape index (κ1) is 16.5. The van der Waals surface area contributed by atoms with E-state index in [0.29, 0.717) is 5.92 Å². The minimum Gasteiger partial charge on any atom is -0.338 e. The smallest absolute Gasteiger partial charge is 0.255 e. The molecule has 20 heavy (non-hydrogen) atoms. The Balaban J connectivity index is 2.06. The molecule has 0 spiro atoms. The second-order valence-electron chi connectivity index (χ2n) is 5.18. The van der Waals surface area contributed by atoms with Gasteiger partial charge >= 0.3 is 0 Å². The van der Waals surface area contributed by atoms with Crippen LogP contribution in [0, 0.1) is 5.92 Å². The molecule has 1 aliphatic rings. The third-order valence-corrected chi connectivity index (χ3v) is 5.94. The molecule has 1 aromatic heterocycles. The highest BCUT2D eigenvalue weighted by molar-refractivity contribution is 9.12. The Kier molecular flexibility index (Phi) is 6.52. The standard InChI is InChI=1S/C14H20Br2N2OS/c1-2-7-18(9-10-3-5-17-6-4-10)14(19)11-8-12(15)20-13(11)16/h8,10,17H,2-7,9H2,1H3. The van der Waals surface area contributed by atoms with Crippen LogP contribution in [0.25, 0.3) is 0 Å². The van der Waals surface area contributed by atoms with E-state index >= 15 is 0 Å². The molecular formula is C14H20Br2N2OS. The van der Waals surface area contributed by atoms with Gasteiger partial charge in [0, 0.05) is 13.1 Å². The number of nitrogens with one attached hydrogen (secondary N) is 1. The molecule has 0 saturated carbocycles. The second kappa shape index (κ2) is 7.92. The van der Waals surface area contributed by atoms with Gasteiger partial charge in [-0.25, -0.2) is 0 Å². The third kappa shape index (κ3) is 4.29. The van der Waals surface area contributed by atoms with Crippen molar-refractivity contribution < 1.29 is 4.79 Å². The minimum atomic E-state index is 0.152. The number of thiophene rings is 1. The summed E-state index contributed by atoms with van der Waals surface area (Å²) < 4.78 is 1.91. The minimum absolute atomic E-state index is 0.152. The van der Waals surface area contributed by atoms with E-state index in [2.05, 4.69) is 44.1 Å². The summed E-state index contributed by atoms with van der Waals surface area (Å²) in [5.74, 6) is 0.784. The highest BCUT2D eigenvalue weighted by Gasteiger charge is 2.23. The van der Waals surface area contributed by atoms with E-state index in [-0.39, 0.29) is 5.91 Å². The van der Waals surface area contributed by atoms with Crippen molar-refractivity contribution in [1.29, 1.82) is 0 Å². The zero-order chi connectivity index (χ0) is 14.5. The van der Waals surface area contributed by atoms with E-state index in [0.717, 1.165) is 45.7 Å². The summed E-state index contributed by atoms with van der Waals surface area (Å²) in [4.78, 5) is 14.7. The molecule has 0 aliphatic carbocycles. The molecule has 1 amide bonds. The SMILES string of the molecule is CCCN(CC1CCNCC1)C(=O)c1cc(Br)sc1Br. The van der Waals surface area contributed by atoms with Gasteiger partial charge in [0.05, 0.1) is 13.1 Å². The van der Waals surface area contributed by atoms with Gasteiger partial charge in [0.1, 0.15) is 0 Å². The fourth-order valence-electron chi connectivity index (χ4n) is 2.58. The van der Waals surface area contributed by atoms with Crippen molar-refractivity contribution in [2.75, 3.05) is 26.2 Å². The summed E-state index contributed by atoms with van der Waals surface area (Å²) in [5, 5.41) is 3.38. The van der Waals surface area contributed by atoms with Crippen LogP contribution in [-0.2, 0) is 0 Å². The van der Waals surface area contributed by atoms with Crippen molar-refractivity contribution in [3.05, 3.63) is 19.2 Å². The zero-order valence-corrected chi connectivity index (χ0v) is 15.6. The molecule has 0 unspecified atom stereocenters. The maximum atomic E-state index is 12.7. The van der Waals surface area contributed by atoms with Crippen molar-refractivity contribution in [2.24, 2.45) is 5.92 Å². The summed E-state index contributed by atoms with van der Waals surface area (Å²) in [6, 6.07) is 1.92. The molecule has 2 rings (SSSR count). The van der Waals surface area contributed by atoms with Crippen LogP contribution < -0.4 is 5.32 Å². The predicted molar refractivity (Wildman–Crippen MR) is 91.5 cm³/mol. The normalized spacial score (nSPS) is 16.4. The van der Waals surface area contributed by atoms with Gasteiger partial charge < -0.3 is 10.2 Å². The van der Waals surface area contributed by atoms with Gasteiger partial charge in [-0.3, -0.25) is 4.79 Å². The summed E-state index contributed by atoms with van der Waals surface area (Å²) in [6.45, 7) is 6.00. The lowest BCUT2D eigenvalue weighted by molar-refractivity contribution is 0.0716. The second-order valence-corrected chi connectivity index (χ2v) is 8.93. The van der Waals surface area contributed by atoms with E-state index in [4.69, 9.17) is 0 Å². The van der Waals surface area contributed by atoms with Crippen LogP contribution in [0.1, 0.15) is 36.5 Å². The first-order valence-electron chi connectivity index (χ1n) is 7.06. The largest absolute Gasteiger partial charge is 0.338 e. The van der Waals surface area contributed by atoms with Crippen LogP contribution in [0.3, 0.4) is 0 Å². The summed E-state index contributed by atoms with van der Waals surface area (Å²) >= 11 is 8.50. The number of carbonyl (C=O) groups is 1. The molecule has 0 aromatic carbocycles. The topological polar surface area (TPSA) is 32.3 Å². The first-order chi connectivity index (χ1) is 9.61. The van der Waals surface area contributed by atoms with E-state index in [9.17, 15) is 4.79 Å². The fourth-order valence-corrected chi connectivity index (χ4v) is 5.36. The number of piperidine rings is 1. The molecule has 1 aliphatic heterocycles. The molecule has 2 heterocycles. The number of amides is 1. The van der Waals surface area contributed by atoms with Crippen molar-refractivity contribution in [1.82, 2.24) is 10.2 Å². The van der Waals surface area contributed by atoms with Gasteiger partial charge in [0.15, 0.2) is 0 Å². The van der Waals surface area contributed by atoms with Gasteiger partial charge in [-0.1, -0.05) is 6.92 Å². The lowest BCUT2D eigenvalue weighted by Gasteiger charge is -2.30. The summed E-state index contributed by atoms with van der Waals surface area (Å²) in [5.41, 5.74) is 0.782. The molecular weight excluding hydrogens is 404 g/mol. The van der Waals surface area contributed by atoms with Crippen LogP contribution in [-0.4, -0.2) is 37.0 Å². The number of hydrogen-bond donors (Lipinski definition) is 1. The first-order valence-corrected chi connectivity index (χ1v) is 9.47. The highest BCUT2D eigenvalue weighted by Crippen LogP contribution is 2.33. The Morgan fingerprint density at radius 3 is 2.70 bits per heavy atom. The molecule has 1 N–H and O–H groups in total. The maximum absolute atomic E-state index is 12.7. The van der Waals surface area contributed by atoms with Crippen LogP contribution in [0.4, 0.5) is 0 Å². The molecule has 1 aromatic rings. The van der Waals surface area contributed by atoms with Crippen molar-refractivity contribution >= 4 is 49.1 Å². The highest BCUT2D eigenvalue weighted by atomic mass is 79.9. The number of nitrogens with zero attached hydrogens (tertiary/aromatic N) is 1. The van der Waals surface area contributed by atoms with Crippen molar-refractivity contribution in [3.63, 3.8) is 0 Å². The lowest BCUT2D eigenvalue weighted by Crippen LogP contribution is -2.39. The van der Waals surface area contributed by atoms with Gasteiger partial charge in [0.25, 0.3) is 5.91 Å². The van der Waals surface area contributed by atoms with Gasteiger partial charge in [-0.2, -0.15) is 0 Å². The van der Waals surface area contributed by atoms with Gasteiger partial charge in [-0.05, 0) is 76.2 Å². The molecule has 1 saturated heterocycles. The lowest BCUT2D eigenvalue weighted by atomic mass is 9.97. The molecule has 112 valence electrons. The fraction of sp³-hybridized carbons (Fsp3) is 0.643. The number of rotatable bonds is 5. The monoisotopic (exact) mass is 422 g/mol. The van der Waals surface area contributed by atoms with E-state index in [1.54, 1.807) is 11.3 Å². The molecule has 0 radical (unpaired) electrons. The third-order valence-electron chi connectivity index (χ3n) is 3.61. The molecule has 3 nitrogen and oxygen atoms in total. The Morgan fingerprint density at radius 1 is 1.45 bits per heavy atom. The van der Waals surface area contributed by atoms with E-state index in [1.807, 2.05) is 11.0 Å². The average molecular weight is 424 g/mol. The van der Waals surface area contributed by atoms with Crippen LogP contribution in [0.15, 0.2) is 13.6 Å². The Bertz CT molecular complexity index is 458. The average Bonchev–Trinajstić information content (AvgIpc) is 2.77. The zero-order valence-electron chi connectivity index (χ0n) is 11.6. The Morgan fingerprint density at radius 2 is 2.15 bits per heavy atom. The molecule has 0 bridgehead atoms. The van der Waals surface area contributed by atoms with E-state index in [1.165, 1.54) is 12.8 Å². The summed E-state index contributed by atoms with van der Waals surface area (Å²) in [7, 11) is 0. The van der Waals surface area contributed by atoms with Crippen molar-refractivity contribution in [2.45, 2.75) is 26.2 Å².